The second-order valence-electron chi connectivity index (χ2n) is 13.8. The molecule has 0 saturated heterocycles. The third-order valence-corrected chi connectivity index (χ3v) is 9.89. The summed E-state index contributed by atoms with van der Waals surface area (Å²) in [7, 11) is -3.20. The number of rotatable bonds is 38. The molecule has 0 aliphatic rings. The van der Waals surface area contributed by atoms with Gasteiger partial charge in [0.1, 0.15) is 6.61 Å². The van der Waals surface area contributed by atoms with Crippen molar-refractivity contribution in [2.45, 2.75) is 206 Å². The Bertz CT molecular complexity index is 875. The molecule has 0 saturated carbocycles. The monoisotopic (exact) mass is 729 g/mol. The van der Waals surface area contributed by atoms with Gasteiger partial charge in [-0.3, -0.25) is 18.6 Å². The van der Waals surface area contributed by atoms with Crippen LogP contribution in [0.2, 0.25) is 0 Å². The predicted molar refractivity (Wildman–Crippen MR) is 207 cm³/mol. The zero-order chi connectivity index (χ0) is 36.8. The lowest BCUT2D eigenvalue weighted by Crippen LogP contribution is -2.29. The molecular formula is C41H77O8P. The Hall–Kier alpha value is -1.47. The molecule has 0 bridgehead atoms. The molecule has 0 aromatic rings. The van der Waals surface area contributed by atoms with Crippen molar-refractivity contribution in [3.8, 4) is 0 Å². The first-order valence-corrected chi connectivity index (χ1v) is 22.0. The second-order valence-corrected chi connectivity index (χ2v) is 15.3. The van der Waals surface area contributed by atoms with Crippen LogP contribution in [0.4, 0.5) is 0 Å². The first kappa shape index (κ1) is 48.5. The molecule has 294 valence electrons. The Morgan fingerprint density at radius 2 is 0.960 bits per heavy atom. The van der Waals surface area contributed by atoms with E-state index in [1.54, 1.807) is 0 Å². The standard InChI is InChI=1S/C41H77O8P/c1-4-6-8-10-12-14-16-18-20-21-22-24-26-28-30-32-34-36-41(43)49-39(38-48-50(44,45)46-3)37-47-40(42)35-33-31-29-27-25-23-19-17-15-13-11-9-7-5-2/h12,14,18,20,39H,4-11,13,15-17,19,21-38H2,1-3H3,(H,44,45)/b14-12-,20-18-. The number of allylic oxidation sites excluding steroid dienone is 4. The molecule has 0 rings (SSSR count). The van der Waals surface area contributed by atoms with Gasteiger partial charge in [0.25, 0.3) is 0 Å². The first-order chi connectivity index (χ1) is 24.3. The summed E-state index contributed by atoms with van der Waals surface area (Å²) >= 11 is 0. The van der Waals surface area contributed by atoms with Crippen LogP contribution in [0.1, 0.15) is 200 Å². The van der Waals surface area contributed by atoms with Crippen LogP contribution < -0.4 is 0 Å². The van der Waals surface area contributed by atoms with Crippen LogP contribution in [0.5, 0.6) is 0 Å². The van der Waals surface area contributed by atoms with Gasteiger partial charge in [-0.15, -0.1) is 0 Å². The number of phosphoric acid groups is 1. The number of carbonyl (C=O) groups excluding carboxylic acids is 2. The van der Waals surface area contributed by atoms with E-state index in [1.165, 1.54) is 116 Å². The average Bonchev–Trinajstić information content (AvgIpc) is 3.10. The Kier molecular flexibility index (Phi) is 36.2. The third kappa shape index (κ3) is 36.3. The molecule has 1 N–H and O–H groups in total. The molecule has 0 spiro atoms. The van der Waals surface area contributed by atoms with Crippen LogP contribution >= 0.6 is 7.82 Å². The average molecular weight is 729 g/mol. The lowest BCUT2D eigenvalue weighted by Gasteiger charge is -2.19. The summed E-state index contributed by atoms with van der Waals surface area (Å²) < 4.78 is 31.9. The molecule has 0 amide bonds. The van der Waals surface area contributed by atoms with E-state index in [0.29, 0.717) is 12.8 Å². The molecule has 0 aliphatic heterocycles. The summed E-state index contributed by atoms with van der Waals surface area (Å²) in [5, 5.41) is 0. The van der Waals surface area contributed by atoms with Gasteiger partial charge < -0.3 is 14.4 Å². The highest BCUT2D eigenvalue weighted by Crippen LogP contribution is 2.42. The van der Waals surface area contributed by atoms with Gasteiger partial charge >= 0.3 is 19.8 Å². The van der Waals surface area contributed by atoms with Crippen LogP contribution in [0, 0.1) is 0 Å². The maximum Gasteiger partial charge on any atom is 0.472 e. The number of phosphoric ester groups is 1. The first-order valence-electron chi connectivity index (χ1n) is 20.5. The highest BCUT2D eigenvalue weighted by atomic mass is 31.2. The van der Waals surface area contributed by atoms with Gasteiger partial charge in [0.05, 0.1) is 6.61 Å². The fraction of sp³-hybridized carbons (Fsp3) is 0.854. The Morgan fingerprint density at radius 1 is 0.560 bits per heavy atom. The van der Waals surface area contributed by atoms with E-state index in [-0.39, 0.29) is 19.0 Å². The molecule has 2 atom stereocenters. The highest BCUT2D eigenvalue weighted by molar-refractivity contribution is 7.47. The van der Waals surface area contributed by atoms with Crippen LogP contribution in [-0.4, -0.2) is 43.3 Å². The smallest absolute Gasteiger partial charge is 0.462 e. The highest BCUT2D eigenvalue weighted by Gasteiger charge is 2.24. The van der Waals surface area contributed by atoms with Crippen LogP contribution in [0.25, 0.3) is 0 Å². The van der Waals surface area contributed by atoms with Crippen molar-refractivity contribution in [3.05, 3.63) is 24.3 Å². The molecule has 50 heavy (non-hydrogen) atoms. The molecule has 2 unspecified atom stereocenters. The lowest BCUT2D eigenvalue weighted by molar-refractivity contribution is -0.161. The van der Waals surface area contributed by atoms with E-state index in [1.807, 2.05) is 0 Å². The quantitative estimate of drug-likeness (QED) is 0.0290. The van der Waals surface area contributed by atoms with E-state index < -0.39 is 26.5 Å². The van der Waals surface area contributed by atoms with Gasteiger partial charge in [0.15, 0.2) is 6.10 Å². The van der Waals surface area contributed by atoms with Crippen molar-refractivity contribution < 1.29 is 37.6 Å². The fourth-order valence-electron chi connectivity index (χ4n) is 5.75. The Labute approximate surface area is 307 Å². The van der Waals surface area contributed by atoms with E-state index in [4.69, 9.17) is 14.0 Å². The molecule has 0 aromatic heterocycles. The minimum atomic E-state index is -4.26. The normalized spacial score (nSPS) is 13.6. The van der Waals surface area contributed by atoms with Crippen molar-refractivity contribution in [1.29, 1.82) is 0 Å². The summed E-state index contributed by atoms with van der Waals surface area (Å²) in [4.78, 5) is 34.4. The summed E-state index contributed by atoms with van der Waals surface area (Å²) in [5.74, 6) is -0.806. The van der Waals surface area contributed by atoms with Gasteiger partial charge in [0.2, 0.25) is 0 Å². The van der Waals surface area contributed by atoms with Gasteiger partial charge in [-0.25, -0.2) is 4.57 Å². The van der Waals surface area contributed by atoms with E-state index in [2.05, 4.69) is 42.7 Å². The van der Waals surface area contributed by atoms with E-state index in [9.17, 15) is 19.0 Å². The van der Waals surface area contributed by atoms with Crippen LogP contribution in [0.15, 0.2) is 24.3 Å². The SMILES string of the molecule is CCCCC/C=C\C/C=C\CCCCCCCCCC(=O)OC(COC(=O)CCCCCCCCCCCCCCCC)COP(=O)(O)OC. The molecule has 0 aliphatic carbocycles. The molecule has 0 radical (unpaired) electrons. The second kappa shape index (κ2) is 37.3. The predicted octanol–water partition coefficient (Wildman–Crippen LogP) is 12.7. The summed E-state index contributed by atoms with van der Waals surface area (Å²) in [6.45, 7) is 3.86. The molecule has 8 nitrogen and oxygen atoms in total. The molecule has 0 heterocycles. The summed E-state index contributed by atoms with van der Waals surface area (Å²) in [6.07, 6.45) is 40.8. The van der Waals surface area contributed by atoms with Crippen LogP contribution in [0.3, 0.4) is 0 Å². The van der Waals surface area contributed by atoms with Gasteiger partial charge in [0, 0.05) is 20.0 Å². The molecule has 9 heteroatoms. The van der Waals surface area contributed by atoms with Crippen molar-refractivity contribution >= 4 is 19.8 Å². The van der Waals surface area contributed by atoms with Gasteiger partial charge in [-0.05, 0) is 44.9 Å². The molecular weight excluding hydrogens is 651 g/mol. The van der Waals surface area contributed by atoms with Crippen molar-refractivity contribution in [2.24, 2.45) is 0 Å². The third-order valence-electron chi connectivity index (χ3n) is 8.95. The number of esters is 2. The maximum absolute atomic E-state index is 12.5. The number of carbonyl (C=O) groups is 2. The minimum Gasteiger partial charge on any atom is -0.462 e. The molecule has 0 aromatic carbocycles. The fourth-order valence-corrected chi connectivity index (χ4v) is 6.21. The minimum absolute atomic E-state index is 0.224. The van der Waals surface area contributed by atoms with E-state index in [0.717, 1.165) is 58.5 Å². The maximum atomic E-state index is 12.5. The summed E-state index contributed by atoms with van der Waals surface area (Å²) in [5.41, 5.74) is 0. The Morgan fingerprint density at radius 3 is 1.44 bits per heavy atom. The zero-order valence-electron chi connectivity index (χ0n) is 32.6. The zero-order valence-corrected chi connectivity index (χ0v) is 33.5. The topological polar surface area (TPSA) is 108 Å². The van der Waals surface area contributed by atoms with Crippen molar-refractivity contribution in [3.63, 3.8) is 0 Å². The number of ether oxygens (including phenoxy) is 2. The van der Waals surface area contributed by atoms with Gasteiger partial charge in [-0.1, -0.05) is 167 Å². The number of hydrogen-bond donors (Lipinski definition) is 1. The largest absolute Gasteiger partial charge is 0.472 e. The van der Waals surface area contributed by atoms with Crippen LogP contribution in [-0.2, 0) is 32.7 Å². The molecule has 0 fully saturated rings. The number of unbranched alkanes of at least 4 members (excludes halogenated alkanes) is 23. The lowest BCUT2D eigenvalue weighted by atomic mass is 10.0. The van der Waals surface area contributed by atoms with Crippen molar-refractivity contribution in [1.82, 2.24) is 0 Å². The summed E-state index contributed by atoms with van der Waals surface area (Å²) in [6, 6.07) is 0. The number of hydrogen-bond acceptors (Lipinski definition) is 7. The van der Waals surface area contributed by atoms with E-state index >= 15 is 0 Å². The Balaban J connectivity index is 4.02. The van der Waals surface area contributed by atoms with Crippen molar-refractivity contribution in [2.75, 3.05) is 20.3 Å². The van der Waals surface area contributed by atoms with Gasteiger partial charge in [-0.2, -0.15) is 0 Å².